The second kappa shape index (κ2) is 5.95. The third-order valence-electron chi connectivity index (χ3n) is 2.60. The molecule has 0 aliphatic carbocycles. The molecule has 0 aliphatic rings. The number of sulfone groups is 1. The first kappa shape index (κ1) is 15.0. The Labute approximate surface area is 126 Å². The zero-order valence-corrected chi connectivity index (χ0v) is 13.0. The van der Waals surface area contributed by atoms with Gasteiger partial charge in [-0.1, -0.05) is 17.7 Å². The summed E-state index contributed by atoms with van der Waals surface area (Å²) >= 11 is 7.37. The Morgan fingerprint density at radius 1 is 1.35 bits per heavy atom. The van der Waals surface area contributed by atoms with Gasteiger partial charge in [-0.2, -0.15) is 0 Å². The number of nitrogens with one attached hydrogen (secondary N) is 1. The molecule has 1 aromatic heterocycles. The van der Waals surface area contributed by atoms with Crippen LogP contribution in [-0.4, -0.2) is 20.6 Å². The summed E-state index contributed by atoms with van der Waals surface area (Å²) in [5.74, 6) is -0.333. The molecule has 106 valence electrons. The molecule has 0 atom stereocenters. The Morgan fingerprint density at radius 2 is 2.10 bits per heavy atom. The lowest BCUT2D eigenvalue weighted by Crippen LogP contribution is -2.22. The van der Waals surface area contributed by atoms with Crippen LogP contribution < -0.4 is 5.32 Å². The number of carbonyl (C=O) groups is 1. The topological polar surface area (TPSA) is 63.2 Å². The summed E-state index contributed by atoms with van der Waals surface area (Å²) in [5, 5.41) is 4.77. The summed E-state index contributed by atoms with van der Waals surface area (Å²) in [6.07, 6.45) is 1.06. The van der Waals surface area contributed by atoms with Gasteiger partial charge < -0.3 is 5.32 Å². The van der Waals surface area contributed by atoms with Crippen molar-refractivity contribution in [2.75, 3.05) is 6.26 Å². The first-order valence-corrected chi connectivity index (χ1v) is 8.83. The Hall–Kier alpha value is -1.37. The van der Waals surface area contributed by atoms with Gasteiger partial charge in [0.25, 0.3) is 5.91 Å². The number of benzene rings is 1. The number of rotatable bonds is 4. The average molecular weight is 330 g/mol. The van der Waals surface area contributed by atoms with E-state index in [-0.39, 0.29) is 21.4 Å². The van der Waals surface area contributed by atoms with Crippen molar-refractivity contribution in [2.45, 2.75) is 11.4 Å². The zero-order chi connectivity index (χ0) is 14.8. The SMILES string of the molecule is CS(=O)(=O)c1cc(C(=O)NCc2cccs2)ccc1Cl. The first-order chi connectivity index (χ1) is 9.38. The van der Waals surface area contributed by atoms with Gasteiger partial charge in [-0.25, -0.2) is 8.42 Å². The summed E-state index contributed by atoms with van der Waals surface area (Å²) in [6.45, 7) is 0.410. The minimum Gasteiger partial charge on any atom is -0.347 e. The molecule has 0 aliphatic heterocycles. The molecule has 4 nitrogen and oxygen atoms in total. The van der Waals surface area contributed by atoms with Crippen molar-refractivity contribution in [3.63, 3.8) is 0 Å². The van der Waals surface area contributed by atoms with Crippen molar-refractivity contribution in [3.8, 4) is 0 Å². The quantitative estimate of drug-likeness (QED) is 0.938. The van der Waals surface area contributed by atoms with E-state index in [1.54, 1.807) is 0 Å². The van der Waals surface area contributed by atoms with Gasteiger partial charge >= 0.3 is 0 Å². The normalized spacial score (nSPS) is 11.3. The molecule has 0 bridgehead atoms. The Morgan fingerprint density at radius 3 is 2.70 bits per heavy atom. The van der Waals surface area contributed by atoms with Crippen molar-refractivity contribution in [1.82, 2.24) is 5.32 Å². The molecule has 0 saturated heterocycles. The van der Waals surface area contributed by atoms with Gasteiger partial charge in [0.15, 0.2) is 9.84 Å². The van der Waals surface area contributed by atoms with Gasteiger partial charge in [-0.3, -0.25) is 4.79 Å². The second-order valence-electron chi connectivity index (χ2n) is 4.18. The maximum absolute atomic E-state index is 12.0. The number of hydrogen-bond acceptors (Lipinski definition) is 4. The largest absolute Gasteiger partial charge is 0.347 e. The van der Waals surface area contributed by atoms with E-state index in [1.807, 2.05) is 17.5 Å². The number of carbonyl (C=O) groups excluding carboxylic acids is 1. The van der Waals surface area contributed by atoms with E-state index in [4.69, 9.17) is 11.6 Å². The fraction of sp³-hybridized carbons (Fsp3) is 0.154. The maximum atomic E-state index is 12.0. The highest BCUT2D eigenvalue weighted by molar-refractivity contribution is 7.90. The summed E-state index contributed by atoms with van der Waals surface area (Å²) in [6, 6.07) is 8.02. The van der Waals surface area contributed by atoms with E-state index in [1.165, 1.54) is 29.5 Å². The molecular weight excluding hydrogens is 318 g/mol. The minimum absolute atomic E-state index is 0.0389. The van der Waals surface area contributed by atoms with Gasteiger partial charge in [-0.15, -0.1) is 11.3 Å². The lowest BCUT2D eigenvalue weighted by molar-refractivity contribution is 0.0951. The molecule has 7 heteroatoms. The Bertz CT molecular complexity index is 724. The number of hydrogen-bond donors (Lipinski definition) is 1. The van der Waals surface area contributed by atoms with Gasteiger partial charge in [-0.05, 0) is 29.6 Å². The highest BCUT2D eigenvalue weighted by atomic mass is 35.5. The van der Waals surface area contributed by atoms with Crippen molar-refractivity contribution in [1.29, 1.82) is 0 Å². The van der Waals surface area contributed by atoms with Crippen LogP contribution in [0.2, 0.25) is 5.02 Å². The molecule has 0 unspecified atom stereocenters. The minimum atomic E-state index is -3.46. The van der Waals surface area contributed by atoms with E-state index in [2.05, 4.69) is 5.32 Å². The third kappa shape index (κ3) is 3.59. The van der Waals surface area contributed by atoms with Crippen LogP contribution in [0.25, 0.3) is 0 Å². The van der Waals surface area contributed by atoms with Crippen molar-refractivity contribution in [2.24, 2.45) is 0 Å². The molecule has 2 aromatic rings. The maximum Gasteiger partial charge on any atom is 0.251 e. The van der Waals surface area contributed by atoms with Gasteiger partial charge in [0.2, 0.25) is 0 Å². The van der Waals surface area contributed by atoms with E-state index in [0.29, 0.717) is 6.54 Å². The Balaban J connectivity index is 2.18. The van der Waals surface area contributed by atoms with E-state index in [9.17, 15) is 13.2 Å². The molecule has 20 heavy (non-hydrogen) atoms. The molecule has 2 rings (SSSR count). The highest BCUT2D eigenvalue weighted by Gasteiger charge is 2.15. The van der Waals surface area contributed by atoms with Crippen LogP contribution in [-0.2, 0) is 16.4 Å². The van der Waals surface area contributed by atoms with E-state index >= 15 is 0 Å². The van der Waals surface area contributed by atoms with Crippen LogP contribution in [0.1, 0.15) is 15.2 Å². The number of amides is 1. The predicted octanol–water partition coefficient (Wildman–Crippen LogP) is 2.74. The summed E-state index contributed by atoms with van der Waals surface area (Å²) in [5.41, 5.74) is 0.270. The molecule has 0 spiro atoms. The van der Waals surface area contributed by atoms with Gasteiger partial charge in [0, 0.05) is 16.7 Å². The highest BCUT2D eigenvalue weighted by Crippen LogP contribution is 2.22. The van der Waals surface area contributed by atoms with Crippen LogP contribution in [0.15, 0.2) is 40.6 Å². The van der Waals surface area contributed by atoms with E-state index < -0.39 is 9.84 Å². The Kier molecular flexibility index (Phi) is 4.47. The molecule has 1 aromatic carbocycles. The van der Waals surface area contributed by atoms with Gasteiger partial charge in [0.1, 0.15) is 0 Å². The average Bonchev–Trinajstić information content (AvgIpc) is 2.88. The van der Waals surface area contributed by atoms with Crippen LogP contribution >= 0.6 is 22.9 Å². The van der Waals surface area contributed by atoms with Crippen molar-refractivity contribution in [3.05, 3.63) is 51.2 Å². The molecule has 0 saturated carbocycles. The van der Waals surface area contributed by atoms with Crippen molar-refractivity contribution < 1.29 is 13.2 Å². The lowest BCUT2D eigenvalue weighted by atomic mass is 10.2. The van der Waals surface area contributed by atoms with Crippen molar-refractivity contribution >= 4 is 38.7 Å². The molecule has 0 radical (unpaired) electrons. The van der Waals surface area contributed by atoms with Crippen LogP contribution in [0.5, 0.6) is 0 Å². The third-order valence-corrected chi connectivity index (χ3v) is 5.05. The summed E-state index contributed by atoms with van der Waals surface area (Å²) in [4.78, 5) is 13.0. The molecule has 0 fully saturated rings. The summed E-state index contributed by atoms with van der Waals surface area (Å²) in [7, 11) is -3.46. The molecular formula is C13H12ClNO3S2. The van der Waals surface area contributed by atoms with Crippen LogP contribution in [0.4, 0.5) is 0 Å². The first-order valence-electron chi connectivity index (χ1n) is 5.68. The number of thiophene rings is 1. The molecule has 1 heterocycles. The van der Waals surface area contributed by atoms with Crippen LogP contribution in [0.3, 0.4) is 0 Å². The fourth-order valence-corrected chi connectivity index (χ4v) is 3.56. The van der Waals surface area contributed by atoms with Gasteiger partial charge in [0.05, 0.1) is 16.5 Å². The molecule has 1 N–H and O–H groups in total. The lowest BCUT2D eigenvalue weighted by Gasteiger charge is -2.07. The summed E-state index contributed by atoms with van der Waals surface area (Å²) < 4.78 is 23.1. The number of halogens is 1. The molecule has 1 amide bonds. The second-order valence-corrected chi connectivity index (χ2v) is 7.60. The fourth-order valence-electron chi connectivity index (χ4n) is 1.61. The predicted molar refractivity (Wildman–Crippen MR) is 80.1 cm³/mol. The zero-order valence-electron chi connectivity index (χ0n) is 10.6. The smallest absolute Gasteiger partial charge is 0.251 e. The monoisotopic (exact) mass is 329 g/mol. The standard InChI is InChI=1S/C13H12ClNO3S2/c1-20(17,18)12-7-9(4-5-11(12)14)13(16)15-8-10-3-2-6-19-10/h2-7H,8H2,1H3,(H,15,16). The van der Waals surface area contributed by atoms with E-state index in [0.717, 1.165) is 11.1 Å². The van der Waals surface area contributed by atoms with Crippen LogP contribution in [0, 0.1) is 0 Å².